The van der Waals surface area contributed by atoms with Crippen LogP contribution in [0, 0.1) is 0 Å². The first kappa shape index (κ1) is 24.2. The van der Waals surface area contributed by atoms with Gasteiger partial charge in [0.15, 0.2) is 0 Å². The van der Waals surface area contributed by atoms with Crippen molar-refractivity contribution in [3.63, 3.8) is 0 Å². The zero-order valence-corrected chi connectivity index (χ0v) is 20.1. The third-order valence-electron chi connectivity index (χ3n) is 6.54. The van der Waals surface area contributed by atoms with Crippen molar-refractivity contribution in [3.05, 3.63) is 65.2 Å². The van der Waals surface area contributed by atoms with Crippen LogP contribution in [-0.2, 0) is 4.74 Å². The number of ether oxygens (including phenoxy) is 1. The number of fused-ring (bicyclic) bond motifs is 1. The van der Waals surface area contributed by atoms with E-state index in [1.807, 2.05) is 60.4 Å². The summed E-state index contributed by atoms with van der Waals surface area (Å²) in [5.41, 5.74) is 3.11. The van der Waals surface area contributed by atoms with Gasteiger partial charge in [-0.2, -0.15) is 0 Å². The first-order chi connectivity index (χ1) is 16.7. The van der Waals surface area contributed by atoms with Gasteiger partial charge in [0.1, 0.15) is 6.17 Å². The molecule has 7 nitrogen and oxygen atoms in total. The number of piperidine rings is 1. The van der Waals surface area contributed by atoms with Gasteiger partial charge in [0.25, 0.3) is 11.8 Å². The Morgan fingerprint density at radius 3 is 2.71 bits per heavy atom. The van der Waals surface area contributed by atoms with Crippen molar-refractivity contribution in [1.82, 2.24) is 15.1 Å². The van der Waals surface area contributed by atoms with Crippen LogP contribution in [-0.4, -0.2) is 67.6 Å². The number of amides is 2. The second-order valence-electron chi connectivity index (χ2n) is 8.92. The third-order valence-corrected chi connectivity index (χ3v) is 6.54. The third kappa shape index (κ3) is 5.96. The molecule has 0 bridgehead atoms. The predicted octanol–water partition coefficient (Wildman–Crippen LogP) is 3.90. The summed E-state index contributed by atoms with van der Waals surface area (Å²) in [6, 6.07) is 15.2. The molecule has 1 unspecified atom stereocenters. The fraction of sp³-hybridized carbons (Fsp3) is 0.481. The molecule has 2 aliphatic heterocycles. The lowest BCUT2D eigenvalue weighted by Crippen LogP contribution is -2.37. The molecule has 4 rings (SSSR count). The van der Waals surface area contributed by atoms with Crippen LogP contribution in [0.4, 0.5) is 5.69 Å². The highest BCUT2D eigenvalue weighted by atomic mass is 16.5. The molecule has 2 N–H and O–H groups in total. The first-order valence-electron chi connectivity index (χ1n) is 12.5. The number of anilines is 1. The summed E-state index contributed by atoms with van der Waals surface area (Å²) in [7, 11) is 0. The maximum atomic E-state index is 13.1. The van der Waals surface area contributed by atoms with E-state index in [2.05, 4.69) is 15.5 Å². The van der Waals surface area contributed by atoms with Crippen molar-refractivity contribution >= 4 is 17.5 Å². The van der Waals surface area contributed by atoms with Crippen LogP contribution in [0.1, 0.15) is 65.1 Å². The molecule has 1 fully saturated rings. The molecule has 182 valence electrons. The molecule has 2 amide bonds. The van der Waals surface area contributed by atoms with Gasteiger partial charge in [-0.1, -0.05) is 30.7 Å². The Morgan fingerprint density at radius 1 is 1.06 bits per heavy atom. The number of nitrogens with zero attached hydrogens (tertiary/aromatic N) is 2. The minimum Gasteiger partial charge on any atom is -0.382 e. The van der Waals surface area contributed by atoms with E-state index >= 15 is 0 Å². The Labute approximate surface area is 202 Å². The van der Waals surface area contributed by atoms with E-state index in [0.29, 0.717) is 31.9 Å². The maximum absolute atomic E-state index is 13.1. The minimum atomic E-state index is -0.275. The number of hydrogen-bond acceptors (Lipinski definition) is 5. The molecule has 34 heavy (non-hydrogen) atoms. The van der Waals surface area contributed by atoms with E-state index < -0.39 is 0 Å². The minimum absolute atomic E-state index is 0.0243. The molecule has 1 saturated heterocycles. The van der Waals surface area contributed by atoms with Crippen LogP contribution in [0.5, 0.6) is 0 Å². The van der Waals surface area contributed by atoms with E-state index in [-0.39, 0.29) is 18.0 Å². The lowest BCUT2D eigenvalue weighted by Gasteiger charge is -2.27. The highest BCUT2D eigenvalue weighted by molar-refractivity contribution is 5.99. The lowest BCUT2D eigenvalue weighted by atomic mass is 10.1. The lowest BCUT2D eigenvalue weighted by molar-refractivity contribution is 0.0708. The zero-order valence-electron chi connectivity index (χ0n) is 20.1. The molecular weight excluding hydrogens is 428 g/mol. The van der Waals surface area contributed by atoms with Gasteiger partial charge in [-0.15, -0.1) is 0 Å². The summed E-state index contributed by atoms with van der Waals surface area (Å²) in [5.74, 6) is -0.0478. The van der Waals surface area contributed by atoms with Crippen LogP contribution in [0.15, 0.2) is 48.5 Å². The molecule has 0 aromatic heterocycles. The first-order valence-corrected chi connectivity index (χ1v) is 12.5. The van der Waals surface area contributed by atoms with Gasteiger partial charge in [0.05, 0.1) is 0 Å². The highest BCUT2D eigenvalue weighted by Gasteiger charge is 2.36. The number of likely N-dealkylation sites (tertiary alicyclic amines) is 1. The molecule has 2 aliphatic rings. The number of hydrogen-bond donors (Lipinski definition) is 2. The Kier molecular flexibility index (Phi) is 8.55. The summed E-state index contributed by atoms with van der Waals surface area (Å²) < 4.78 is 5.47. The predicted molar refractivity (Wildman–Crippen MR) is 134 cm³/mol. The van der Waals surface area contributed by atoms with Crippen molar-refractivity contribution in [2.45, 2.75) is 38.8 Å². The number of rotatable bonds is 11. The SMILES string of the molecule is CCOCCCN1C(=O)c2ccccc2C1Nc1cccc(C(=O)NCCN2CCCCC2)c1. The van der Waals surface area contributed by atoms with Gasteiger partial charge >= 0.3 is 0 Å². The van der Waals surface area contributed by atoms with Crippen molar-refractivity contribution in [2.75, 3.05) is 51.3 Å². The van der Waals surface area contributed by atoms with Crippen LogP contribution in [0.2, 0.25) is 0 Å². The molecule has 0 spiro atoms. The fourth-order valence-corrected chi connectivity index (χ4v) is 4.76. The van der Waals surface area contributed by atoms with Gasteiger partial charge in [-0.05, 0) is 63.5 Å². The molecule has 0 aliphatic carbocycles. The molecule has 0 saturated carbocycles. The normalized spacial score (nSPS) is 18.1. The van der Waals surface area contributed by atoms with Gasteiger partial charge in [-0.3, -0.25) is 9.59 Å². The van der Waals surface area contributed by atoms with Crippen LogP contribution in [0.3, 0.4) is 0 Å². The van der Waals surface area contributed by atoms with Gasteiger partial charge < -0.3 is 25.2 Å². The fourth-order valence-electron chi connectivity index (χ4n) is 4.76. The van der Waals surface area contributed by atoms with Gasteiger partial charge in [0, 0.05) is 55.2 Å². The van der Waals surface area contributed by atoms with Crippen LogP contribution >= 0.6 is 0 Å². The van der Waals surface area contributed by atoms with E-state index in [9.17, 15) is 9.59 Å². The molecule has 0 radical (unpaired) electrons. The van der Waals surface area contributed by atoms with Crippen molar-refractivity contribution < 1.29 is 14.3 Å². The van der Waals surface area contributed by atoms with Crippen molar-refractivity contribution in [1.29, 1.82) is 0 Å². The van der Waals surface area contributed by atoms with Crippen LogP contribution < -0.4 is 10.6 Å². The summed E-state index contributed by atoms with van der Waals surface area (Å²) in [5, 5.41) is 6.55. The smallest absolute Gasteiger partial charge is 0.256 e. The molecule has 7 heteroatoms. The highest BCUT2D eigenvalue weighted by Crippen LogP contribution is 2.34. The van der Waals surface area contributed by atoms with E-state index in [1.54, 1.807) is 0 Å². The average Bonchev–Trinajstić information content (AvgIpc) is 3.13. The standard InChI is InChI=1S/C27H36N4O3/c1-2-34-19-9-17-31-25(23-12-4-5-13-24(23)27(31)33)29-22-11-8-10-21(20-22)26(32)28-14-18-30-15-6-3-7-16-30/h4-5,8,10-13,20,25,29H,2-3,6-7,9,14-19H2,1H3,(H,28,32). The maximum Gasteiger partial charge on any atom is 0.256 e. The Hall–Kier alpha value is -2.90. The van der Waals surface area contributed by atoms with E-state index in [1.165, 1.54) is 19.3 Å². The number of carbonyl (C=O) groups excluding carboxylic acids is 2. The van der Waals surface area contributed by atoms with Gasteiger partial charge in [0.2, 0.25) is 0 Å². The Bertz CT molecular complexity index is 974. The molecule has 1 atom stereocenters. The molecule has 2 aromatic carbocycles. The topological polar surface area (TPSA) is 73.9 Å². The Morgan fingerprint density at radius 2 is 1.88 bits per heavy atom. The van der Waals surface area contributed by atoms with E-state index in [0.717, 1.165) is 42.9 Å². The largest absolute Gasteiger partial charge is 0.382 e. The number of carbonyl (C=O) groups is 2. The summed E-state index contributed by atoms with van der Waals surface area (Å²) in [6.07, 6.45) is 4.30. The summed E-state index contributed by atoms with van der Waals surface area (Å²) in [4.78, 5) is 30.1. The number of nitrogens with one attached hydrogen (secondary N) is 2. The van der Waals surface area contributed by atoms with Crippen LogP contribution in [0.25, 0.3) is 0 Å². The zero-order chi connectivity index (χ0) is 23.8. The van der Waals surface area contributed by atoms with Crippen molar-refractivity contribution in [2.24, 2.45) is 0 Å². The summed E-state index contributed by atoms with van der Waals surface area (Å²) in [6.45, 7) is 7.64. The quantitative estimate of drug-likeness (QED) is 0.494. The monoisotopic (exact) mass is 464 g/mol. The van der Waals surface area contributed by atoms with Crippen molar-refractivity contribution in [3.8, 4) is 0 Å². The molecule has 2 aromatic rings. The van der Waals surface area contributed by atoms with E-state index in [4.69, 9.17) is 4.74 Å². The average molecular weight is 465 g/mol. The number of benzene rings is 2. The molecular formula is C27H36N4O3. The molecule has 2 heterocycles. The second-order valence-corrected chi connectivity index (χ2v) is 8.92. The second kappa shape index (κ2) is 12.0. The Balaban J connectivity index is 1.40. The van der Waals surface area contributed by atoms with Gasteiger partial charge in [-0.25, -0.2) is 0 Å². The summed E-state index contributed by atoms with van der Waals surface area (Å²) >= 11 is 0.